The molecule has 0 atom stereocenters. The highest BCUT2D eigenvalue weighted by molar-refractivity contribution is 5.62. The van der Waals surface area contributed by atoms with Gasteiger partial charge in [-0.1, -0.05) is 115 Å². The minimum absolute atomic E-state index is 1.07. The highest BCUT2D eigenvalue weighted by Gasteiger charge is 1.94. The van der Waals surface area contributed by atoms with E-state index in [0.717, 1.165) is 12.1 Å². The molecule has 1 rings (SSSR count). The van der Waals surface area contributed by atoms with Crippen molar-refractivity contribution in [2.45, 2.75) is 110 Å². The molecular formula is C24H41N. The van der Waals surface area contributed by atoms with Crippen LogP contribution < -0.4 is 0 Å². The van der Waals surface area contributed by atoms with Crippen molar-refractivity contribution in [2.75, 3.05) is 0 Å². The molecule has 1 aromatic rings. The quantitative estimate of drug-likeness (QED) is 0.198. The predicted octanol–water partition coefficient (Wildman–Crippen LogP) is 8.65. The van der Waals surface area contributed by atoms with Gasteiger partial charge in [0.1, 0.15) is 0 Å². The zero-order valence-electron chi connectivity index (χ0n) is 16.7. The summed E-state index contributed by atoms with van der Waals surface area (Å²) in [5.41, 5.74) is 1.07. The second-order valence-corrected chi connectivity index (χ2v) is 7.39. The van der Waals surface area contributed by atoms with E-state index in [0.29, 0.717) is 0 Å². The molecule has 0 aliphatic carbocycles. The van der Waals surface area contributed by atoms with Crippen LogP contribution in [-0.2, 0) is 0 Å². The van der Waals surface area contributed by atoms with Crippen molar-refractivity contribution in [3.05, 3.63) is 30.3 Å². The van der Waals surface area contributed by atoms with E-state index in [1.165, 1.54) is 96.3 Å². The molecule has 0 heterocycles. The molecule has 0 aromatic heterocycles. The van der Waals surface area contributed by atoms with Crippen LogP contribution in [0.1, 0.15) is 110 Å². The molecule has 1 aromatic carbocycles. The minimum Gasteiger partial charge on any atom is -0.261 e. The fourth-order valence-electron chi connectivity index (χ4n) is 3.29. The van der Waals surface area contributed by atoms with Crippen molar-refractivity contribution in [3.8, 4) is 0 Å². The monoisotopic (exact) mass is 343 g/mol. The fourth-order valence-corrected chi connectivity index (χ4v) is 3.29. The Morgan fingerprint density at radius 3 is 1.52 bits per heavy atom. The Morgan fingerprint density at radius 1 is 0.600 bits per heavy atom. The van der Waals surface area contributed by atoms with Crippen LogP contribution in [-0.4, -0.2) is 6.21 Å². The van der Waals surface area contributed by atoms with Gasteiger partial charge in [0.25, 0.3) is 0 Å². The highest BCUT2D eigenvalue weighted by atomic mass is 14.7. The third-order valence-corrected chi connectivity index (χ3v) is 4.93. The largest absolute Gasteiger partial charge is 0.261 e. The average molecular weight is 344 g/mol. The molecule has 0 aliphatic heterocycles. The normalized spacial score (nSPS) is 11.4. The summed E-state index contributed by atoms with van der Waals surface area (Å²) in [6, 6.07) is 10.2. The summed E-state index contributed by atoms with van der Waals surface area (Å²) in [6.45, 7) is 2.29. The molecule has 0 N–H and O–H groups in total. The van der Waals surface area contributed by atoms with E-state index in [9.17, 15) is 0 Å². The summed E-state index contributed by atoms with van der Waals surface area (Å²) in [4.78, 5) is 4.48. The molecule has 0 unspecified atom stereocenters. The number of para-hydroxylation sites is 1. The van der Waals surface area contributed by atoms with Crippen LogP contribution in [0.15, 0.2) is 35.3 Å². The van der Waals surface area contributed by atoms with Crippen molar-refractivity contribution >= 4 is 11.9 Å². The Hall–Kier alpha value is -1.11. The van der Waals surface area contributed by atoms with Gasteiger partial charge in [-0.05, 0) is 25.0 Å². The molecule has 1 heteroatoms. The number of benzene rings is 1. The molecule has 0 radical (unpaired) electrons. The standard InChI is InChI=1S/C24H41N/c1-2-3-4-5-6-7-8-9-10-11-12-13-14-15-16-20-23-25-24-21-18-17-19-22-24/h17-19,21-23H,2-16,20H2,1H3. The molecule has 25 heavy (non-hydrogen) atoms. The summed E-state index contributed by atoms with van der Waals surface area (Å²) in [5.74, 6) is 0. The second kappa shape index (κ2) is 17.7. The number of nitrogens with zero attached hydrogens (tertiary/aromatic N) is 1. The Morgan fingerprint density at radius 2 is 1.04 bits per heavy atom. The molecule has 1 nitrogen and oxygen atoms in total. The number of aliphatic imine (C=N–C) groups is 1. The predicted molar refractivity (Wildman–Crippen MR) is 114 cm³/mol. The summed E-state index contributed by atoms with van der Waals surface area (Å²) in [7, 11) is 0. The van der Waals surface area contributed by atoms with Crippen LogP contribution in [0.4, 0.5) is 5.69 Å². The van der Waals surface area contributed by atoms with Gasteiger partial charge in [-0.2, -0.15) is 0 Å². The number of rotatable bonds is 17. The van der Waals surface area contributed by atoms with Gasteiger partial charge in [0, 0.05) is 6.21 Å². The van der Waals surface area contributed by atoms with E-state index in [4.69, 9.17) is 0 Å². The second-order valence-electron chi connectivity index (χ2n) is 7.39. The first kappa shape index (κ1) is 21.9. The SMILES string of the molecule is CCCCCCCCCCCCCCCCCC=Nc1ccccc1. The molecule has 0 aliphatic rings. The van der Waals surface area contributed by atoms with Crippen LogP contribution in [0.5, 0.6) is 0 Å². The fraction of sp³-hybridized carbons (Fsp3) is 0.708. The van der Waals surface area contributed by atoms with Crippen molar-refractivity contribution in [1.29, 1.82) is 0 Å². The summed E-state index contributed by atoms with van der Waals surface area (Å²) < 4.78 is 0. The number of hydrogen-bond donors (Lipinski definition) is 0. The van der Waals surface area contributed by atoms with Crippen molar-refractivity contribution < 1.29 is 0 Å². The molecule has 0 bridgehead atoms. The van der Waals surface area contributed by atoms with Crippen LogP contribution in [0, 0.1) is 0 Å². The number of hydrogen-bond acceptors (Lipinski definition) is 1. The van der Waals surface area contributed by atoms with Crippen LogP contribution in [0.3, 0.4) is 0 Å². The van der Waals surface area contributed by atoms with Gasteiger partial charge in [0.2, 0.25) is 0 Å². The number of unbranched alkanes of at least 4 members (excludes halogenated alkanes) is 15. The smallest absolute Gasteiger partial charge is 0.0625 e. The lowest BCUT2D eigenvalue weighted by molar-refractivity contribution is 0.533. The van der Waals surface area contributed by atoms with E-state index in [1.54, 1.807) is 0 Å². The first-order valence-electron chi connectivity index (χ1n) is 11.0. The first-order chi connectivity index (χ1) is 12.4. The van der Waals surface area contributed by atoms with Gasteiger partial charge in [0.05, 0.1) is 5.69 Å². The lowest BCUT2D eigenvalue weighted by Crippen LogP contribution is -1.84. The van der Waals surface area contributed by atoms with Crippen molar-refractivity contribution in [1.82, 2.24) is 0 Å². The maximum Gasteiger partial charge on any atom is 0.0625 e. The molecular weight excluding hydrogens is 302 g/mol. The molecule has 0 saturated heterocycles. The van der Waals surface area contributed by atoms with Gasteiger partial charge in [0.15, 0.2) is 0 Å². The molecule has 0 amide bonds. The summed E-state index contributed by atoms with van der Waals surface area (Å²) in [6.07, 6.45) is 24.6. The molecule has 0 fully saturated rings. The van der Waals surface area contributed by atoms with Gasteiger partial charge in [-0.25, -0.2) is 0 Å². The zero-order valence-corrected chi connectivity index (χ0v) is 16.7. The van der Waals surface area contributed by atoms with Crippen molar-refractivity contribution in [3.63, 3.8) is 0 Å². The van der Waals surface area contributed by atoms with Crippen LogP contribution >= 0.6 is 0 Å². The molecule has 0 spiro atoms. The topological polar surface area (TPSA) is 12.4 Å². The van der Waals surface area contributed by atoms with Gasteiger partial charge < -0.3 is 0 Å². The van der Waals surface area contributed by atoms with E-state index in [2.05, 4.69) is 30.3 Å². The van der Waals surface area contributed by atoms with Gasteiger partial charge in [-0.3, -0.25) is 4.99 Å². The van der Waals surface area contributed by atoms with E-state index < -0.39 is 0 Å². The van der Waals surface area contributed by atoms with Gasteiger partial charge in [-0.15, -0.1) is 0 Å². The third kappa shape index (κ3) is 14.9. The van der Waals surface area contributed by atoms with E-state index >= 15 is 0 Å². The summed E-state index contributed by atoms with van der Waals surface area (Å²) >= 11 is 0. The Bertz CT molecular complexity index is 396. The molecule has 142 valence electrons. The third-order valence-electron chi connectivity index (χ3n) is 4.93. The van der Waals surface area contributed by atoms with Crippen LogP contribution in [0.2, 0.25) is 0 Å². The minimum atomic E-state index is 1.07. The lowest BCUT2D eigenvalue weighted by Gasteiger charge is -2.03. The maximum absolute atomic E-state index is 4.48. The average Bonchev–Trinajstić information content (AvgIpc) is 2.65. The lowest BCUT2D eigenvalue weighted by atomic mass is 10.0. The Kier molecular flexibility index (Phi) is 15.5. The van der Waals surface area contributed by atoms with E-state index in [-0.39, 0.29) is 0 Å². The highest BCUT2D eigenvalue weighted by Crippen LogP contribution is 2.14. The van der Waals surface area contributed by atoms with Gasteiger partial charge >= 0.3 is 0 Å². The maximum atomic E-state index is 4.48. The zero-order chi connectivity index (χ0) is 17.8. The van der Waals surface area contributed by atoms with Crippen LogP contribution in [0.25, 0.3) is 0 Å². The Labute approximate surface area is 157 Å². The first-order valence-corrected chi connectivity index (χ1v) is 11.0. The molecule has 0 saturated carbocycles. The summed E-state index contributed by atoms with van der Waals surface area (Å²) in [5, 5.41) is 0. The Balaban J connectivity index is 1.74. The van der Waals surface area contributed by atoms with E-state index in [1.807, 2.05) is 18.2 Å². The van der Waals surface area contributed by atoms with Crippen molar-refractivity contribution in [2.24, 2.45) is 4.99 Å².